The van der Waals surface area contributed by atoms with Gasteiger partial charge in [0, 0.05) is 12.7 Å². The largest absolute Gasteiger partial charge is 0.466 e. The number of ether oxygens (including phenoxy) is 2. The van der Waals surface area contributed by atoms with E-state index in [0.29, 0.717) is 17.9 Å². The molecule has 0 radical (unpaired) electrons. The third-order valence-corrected chi connectivity index (χ3v) is 2.14. The number of anilines is 1. The van der Waals surface area contributed by atoms with Crippen molar-refractivity contribution in [3.8, 4) is 0 Å². The number of hydrogen-bond donors (Lipinski definition) is 1. The van der Waals surface area contributed by atoms with Crippen LogP contribution >= 0.6 is 0 Å². The van der Waals surface area contributed by atoms with E-state index < -0.39 is 18.5 Å². The fraction of sp³-hybridized carbons (Fsp3) is 0.455. The molecular formula is C11H16N2O4. The number of aromatic nitrogens is 1. The maximum Gasteiger partial charge on any atom is 0.355 e. The van der Waals surface area contributed by atoms with Crippen molar-refractivity contribution in [1.29, 1.82) is 0 Å². The molecule has 2 N–H and O–H groups in total. The van der Waals surface area contributed by atoms with Crippen LogP contribution in [0.1, 0.15) is 23.8 Å². The van der Waals surface area contributed by atoms with Crippen LogP contribution in [0.5, 0.6) is 0 Å². The summed E-state index contributed by atoms with van der Waals surface area (Å²) in [5, 5.41) is 0. The summed E-state index contributed by atoms with van der Waals surface area (Å²) in [6, 6.07) is 1.52. The quantitative estimate of drug-likeness (QED) is 0.770. The first kappa shape index (κ1) is 13.1. The summed E-state index contributed by atoms with van der Waals surface area (Å²) in [7, 11) is 1.23. The molecule has 6 heteroatoms. The monoisotopic (exact) mass is 240 g/mol. The van der Waals surface area contributed by atoms with E-state index in [2.05, 4.69) is 4.74 Å². The molecule has 1 aromatic rings. The molecule has 6 nitrogen and oxygen atoms in total. The van der Waals surface area contributed by atoms with Crippen molar-refractivity contribution in [2.75, 3.05) is 19.5 Å². The highest BCUT2D eigenvalue weighted by atomic mass is 16.6. The molecule has 1 rings (SSSR count). The topological polar surface area (TPSA) is 83.5 Å². The number of carbonyl (C=O) groups is 2. The molecule has 0 unspecified atom stereocenters. The van der Waals surface area contributed by atoms with E-state index in [9.17, 15) is 9.59 Å². The van der Waals surface area contributed by atoms with Crippen LogP contribution in [0.15, 0.2) is 12.3 Å². The molecule has 0 saturated heterocycles. The van der Waals surface area contributed by atoms with Gasteiger partial charge in [-0.3, -0.25) is 0 Å². The van der Waals surface area contributed by atoms with Crippen molar-refractivity contribution < 1.29 is 19.1 Å². The predicted octanol–water partition coefficient (Wildman–Crippen LogP) is 0.810. The minimum absolute atomic E-state index is 0.341. The van der Waals surface area contributed by atoms with Crippen LogP contribution in [-0.2, 0) is 20.8 Å². The van der Waals surface area contributed by atoms with Gasteiger partial charge in [0.25, 0.3) is 0 Å². The van der Waals surface area contributed by atoms with E-state index in [0.717, 1.165) is 6.42 Å². The van der Waals surface area contributed by atoms with Crippen molar-refractivity contribution in [3.05, 3.63) is 18.0 Å². The maximum atomic E-state index is 11.7. The summed E-state index contributed by atoms with van der Waals surface area (Å²) in [6.45, 7) is 2.26. The van der Waals surface area contributed by atoms with Gasteiger partial charge in [0.1, 0.15) is 5.69 Å². The zero-order chi connectivity index (χ0) is 12.8. The second-order valence-electron chi connectivity index (χ2n) is 3.50. The molecule has 1 aromatic heterocycles. The maximum absolute atomic E-state index is 11.7. The van der Waals surface area contributed by atoms with Crippen LogP contribution in [0.4, 0.5) is 5.69 Å². The zero-order valence-corrected chi connectivity index (χ0v) is 9.93. The van der Waals surface area contributed by atoms with Gasteiger partial charge in [-0.05, 0) is 12.5 Å². The first-order valence-corrected chi connectivity index (χ1v) is 5.28. The first-order valence-electron chi connectivity index (χ1n) is 5.28. The Hall–Kier alpha value is -1.98. The molecule has 0 saturated carbocycles. The molecule has 0 aliphatic heterocycles. The average Bonchev–Trinajstić information content (AvgIpc) is 2.67. The highest BCUT2D eigenvalue weighted by Gasteiger charge is 2.15. The van der Waals surface area contributed by atoms with Gasteiger partial charge in [-0.1, -0.05) is 6.92 Å². The van der Waals surface area contributed by atoms with Crippen LogP contribution in [0.3, 0.4) is 0 Å². The Morgan fingerprint density at radius 3 is 2.76 bits per heavy atom. The standard InChI is InChI=1S/C11H16N2O4/c1-3-4-13-6-8(12)5-9(13)11(15)17-7-10(14)16-2/h5-6H,3-4,7,12H2,1-2H3. The van der Waals surface area contributed by atoms with Gasteiger partial charge < -0.3 is 19.8 Å². The van der Waals surface area contributed by atoms with Crippen molar-refractivity contribution >= 4 is 17.6 Å². The molecule has 0 aromatic carbocycles. The normalized spacial score (nSPS) is 10.0. The Balaban J connectivity index is 2.70. The van der Waals surface area contributed by atoms with E-state index in [-0.39, 0.29) is 0 Å². The Morgan fingerprint density at radius 2 is 2.18 bits per heavy atom. The van der Waals surface area contributed by atoms with Crippen LogP contribution in [0.2, 0.25) is 0 Å². The third kappa shape index (κ3) is 3.51. The van der Waals surface area contributed by atoms with Crippen molar-refractivity contribution in [2.45, 2.75) is 19.9 Å². The summed E-state index contributed by atoms with van der Waals surface area (Å²) in [6.07, 6.45) is 2.53. The minimum Gasteiger partial charge on any atom is -0.466 e. The van der Waals surface area contributed by atoms with Crippen LogP contribution in [-0.4, -0.2) is 30.2 Å². The Labute approximate surface area is 99.3 Å². The SMILES string of the molecule is CCCn1cc(N)cc1C(=O)OCC(=O)OC. The minimum atomic E-state index is -0.597. The summed E-state index contributed by atoms with van der Waals surface area (Å²) < 4.78 is 10.9. The summed E-state index contributed by atoms with van der Waals surface area (Å²) in [5.41, 5.74) is 6.44. The summed E-state index contributed by atoms with van der Waals surface area (Å²) in [5.74, 6) is -1.18. The van der Waals surface area contributed by atoms with Gasteiger partial charge in [-0.25, -0.2) is 9.59 Å². The number of rotatable bonds is 5. The van der Waals surface area contributed by atoms with E-state index in [1.165, 1.54) is 13.2 Å². The third-order valence-electron chi connectivity index (χ3n) is 2.14. The van der Waals surface area contributed by atoms with Gasteiger partial charge >= 0.3 is 11.9 Å². The van der Waals surface area contributed by atoms with Crippen LogP contribution < -0.4 is 5.73 Å². The molecule has 0 bridgehead atoms. The van der Waals surface area contributed by atoms with Gasteiger partial charge in [0.2, 0.25) is 0 Å². The fourth-order valence-corrected chi connectivity index (χ4v) is 1.39. The number of nitrogen functional groups attached to an aromatic ring is 1. The molecule has 0 fully saturated rings. The molecule has 0 amide bonds. The number of carbonyl (C=O) groups excluding carboxylic acids is 2. The lowest BCUT2D eigenvalue weighted by Crippen LogP contribution is -2.17. The van der Waals surface area contributed by atoms with E-state index >= 15 is 0 Å². The van der Waals surface area contributed by atoms with Crippen molar-refractivity contribution in [1.82, 2.24) is 4.57 Å². The lowest BCUT2D eigenvalue weighted by molar-refractivity contribution is -0.144. The number of methoxy groups -OCH3 is 1. The molecule has 0 atom stereocenters. The van der Waals surface area contributed by atoms with Gasteiger partial charge in [0.15, 0.2) is 6.61 Å². The van der Waals surface area contributed by atoms with Crippen molar-refractivity contribution in [3.63, 3.8) is 0 Å². The summed E-state index contributed by atoms with van der Waals surface area (Å²) in [4.78, 5) is 22.5. The van der Waals surface area contributed by atoms with Gasteiger partial charge in [-0.2, -0.15) is 0 Å². The molecule has 0 aliphatic carbocycles. The molecule has 94 valence electrons. The van der Waals surface area contributed by atoms with E-state index in [4.69, 9.17) is 10.5 Å². The zero-order valence-electron chi connectivity index (χ0n) is 9.93. The van der Waals surface area contributed by atoms with Crippen LogP contribution in [0.25, 0.3) is 0 Å². The highest BCUT2D eigenvalue weighted by molar-refractivity contribution is 5.90. The second kappa shape index (κ2) is 5.93. The van der Waals surface area contributed by atoms with Crippen LogP contribution in [0, 0.1) is 0 Å². The molecule has 0 spiro atoms. The number of nitrogens with two attached hydrogens (primary N) is 1. The van der Waals surface area contributed by atoms with Gasteiger partial charge in [-0.15, -0.1) is 0 Å². The molecular weight excluding hydrogens is 224 g/mol. The van der Waals surface area contributed by atoms with Gasteiger partial charge in [0.05, 0.1) is 12.8 Å². The molecule has 1 heterocycles. The average molecular weight is 240 g/mol. The lowest BCUT2D eigenvalue weighted by atomic mass is 10.4. The van der Waals surface area contributed by atoms with E-state index in [1.807, 2.05) is 6.92 Å². The Morgan fingerprint density at radius 1 is 1.47 bits per heavy atom. The number of aryl methyl sites for hydroxylation is 1. The Kier molecular flexibility index (Phi) is 4.56. The Bertz CT molecular complexity index is 412. The highest BCUT2D eigenvalue weighted by Crippen LogP contribution is 2.12. The molecule has 0 aliphatic rings. The van der Waals surface area contributed by atoms with E-state index in [1.54, 1.807) is 10.8 Å². The lowest BCUT2D eigenvalue weighted by Gasteiger charge is -2.07. The number of hydrogen-bond acceptors (Lipinski definition) is 5. The molecule has 17 heavy (non-hydrogen) atoms. The van der Waals surface area contributed by atoms with Crippen molar-refractivity contribution in [2.24, 2.45) is 0 Å². The smallest absolute Gasteiger partial charge is 0.355 e. The number of esters is 2. The summed E-state index contributed by atoms with van der Waals surface area (Å²) >= 11 is 0. The first-order chi connectivity index (χ1) is 8.08. The second-order valence-corrected chi connectivity index (χ2v) is 3.50. The predicted molar refractivity (Wildman–Crippen MR) is 61.4 cm³/mol. The number of nitrogens with zero attached hydrogens (tertiary/aromatic N) is 1. The fourth-order valence-electron chi connectivity index (χ4n) is 1.39.